The monoisotopic (exact) mass is 657 g/mol. The zero-order valence-electron chi connectivity index (χ0n) is 29.4. The van der Waals surface area contributed by atoms with Crippen molar-refractivity contribution in [1.82, 2.24) is 4.57 Å². The molecular formula is C48H39N3. The minimum atomic E-state index is -0.219. The average molecular weight is 658 g/mol. The molecule has 0 saturated heterocycles. The van der Waals surface area contributed by atoms with E-state index in [0.717, 1.165) is 28.3 Å². The lowest BCUT2D eigenvalue weighted by Crippen LogP contribution is -2.26. The van der Waals surface area contributed by atoms with Gasteiger partial charge in [0, 0.05) is 45.6 Å². The van der Waals surface area contributed by atoms with E-state index in [-0.39, 0.29) is 5.41 Å². The van der Waals surface area contributed by atoms with Gasteiger partial charge in [0.2, 0.25) is 0 Å². The van der Waals surface area contributed by atoms with Crippen molar-refractivity contribution in [2.75, 3.05) is 11.9 Å². The topological polar surface area (TPSA) is 20.5 Å². The molecule has 3 heteroatoms. The molecule has 0 unspecified atom stereocenters. The maximum absolute atomic E-state index is 5.54. The third-order valence-electron chi connectivity index (χ3n) is 10.7. The molecular weight excluding hydrogens is 619 g/mol. The molecule has 2 heterocycles. The molecule has 0 fully saturated rings. The van der Waals surface area contributed by atoms with E-state index in [1.54, 1.807) is 0 Å². The summed E-state index contributed by atoms with van der Waals surface area (Å²) in [6.07, 6.45) is 6.57. The smallest absolute Gasteiger partial charge is 0.141 e. The van der Waals surface area contributed by atoms with Gasteiger partial charge >= 0.3 is 0 Å². The van der Waals surface area contributed by atoms with Gasteiger partial charge in [0.15, 0.2) is 0 Å². The van der Waals surface area contributed by atoms with E-state index in [4.69, 9.17) is 4.99 Å². The normalized spacial score (nSPS) is 17.4. The summed E-state index contributed by atoms with van der Waals surface area (Å²) >= 11 is 0. The van der Waals surface area contributed by atoms with Crippen LogP contribution in [0.3, 0.4) is 0 Å². The quantitative estimate of drug-likeness (QED) is 0.184. The molecule has 51 heavy (non-hydrogen) atoms. The van der Waals surface area contributed by atoms with E-state index >= 15 is 0 Å². The minimum absolute atomic E-state index is 0.219. The fourth-order valence-corrected chi connectivity index (χ4v) is 8.17. The molecule has 0 N–H and O–H groups in total. The number of aromatic nitrogens is 1. The fraction of sp³-hybridized carbons (Fsp3) is 0.104. The van der Waals surface area contributed by atoms with Gasteiger partial charge in [-0.2, -0.15) is 0 Å². The SMILES string of the molecule is C\C=C/C=C1\C(=C2\N=C(c3ccccc3)c3ccccc3N2C)c2cc(-c3ccc4c(c3)c3ccccc3n4-c3ccccc3)ccc2C1(C)C. The van der Waals surface area contributed by atoms with Crippen LogP contribution in [0.15, 0.2) is 180 Å². The number of allylic oxidation sites excluding steroid dienone is 5. The maximum atomic E-state index is 5.54. The average Bonchev–Trinajstić information content (AvgIpc) is 3.62. The Kier molecular flexibility index (Phi) is 7.25. The number of para-hydroxylation sites is 3. The van der Waals surface area contributed by atoms with E-state index in [0.29, 0.717) is 0 Å². The summed E-state index contributed by atoms with van der Waals surface area (Å²) in [6.45, 7) is 6.77. The Labute approximate surface area is 299 Å². The molecule has 0 saturated carbocycles. The second-order valence-electron chi connectivity index (χ2n) is 14.0. The first kappa shape index (κ1) is 30.8. The Morgan fingerprint density at radius 1 is 0.608 bits per heavy atom. The van der Waals surface area contributed by atoms with Crippen LogP contribution in [0.1, 0.15) is 43.0 Å². The highest BCUT2D eigenvalue weighted by Gasteiger charge is 2.41. The lowest BCUT2D eigenvalue weighted by atomic mass is 9.81. The number of anilines is 1. The summed E-state index contributed by atoms with van der Waals surface area (Å²) in [7, 11) is 2.16. The van der Waals surface area contributed by atoms with Crippen LogP contribution in [-0.2, 0) is 5.41 Å². The van der Waals surface area contributed by atoms with Crippen LogP contribution in [0, 0.1) is 0 Å². The highest BCUT2D eigenvalue weighted by atomic mass is 15.2. The van der Waals surface area contributed by atoms with Crippen molar-refractivity contribution < 1.29 is 0 Å². The van der Waals surface area contributed by atoms with Gasteiger partial charge in [-0.25, -0.2) is 4.99 Å². The fourth-order valence-electron chi connectivity index (χ4n) is 8.17. The molecule has 246 valence electrons. The van der Waals surface area contributed by atoms with Crippen molar-refractivity contribution in [3.8, 4) is 16.8 Å². The van der Waals surface area contributed by atoms with Gasteiger partial charge in [-0.3, -0.25) is 0 Å². The second-order valence-corrected chi connectivity index (χ2v) is 14.0. The number of fused-ring (bicyclic) bond motifs is 5. The van der Waals surface area contributed by atoms with Gasteiger partial charge in [0.25, 0.3) is 0 Å². The van der Waals surface area contributed by atoms with Crippen LogP contribution in [0.5, 0.6) is 0 Å². The van der Waals surface area contributed by atoms with Gasteiger partial charge in [-0.15, -0.1) is 0 Å². The highest BCUT2D eigenvalue weighted by Crippen LogP contribution is 2.53. The van der Waals surface area contributed by atoms with Crippen LogP contribution in [-0.4, -0.2) is 17.3 Å². The predicted octanol–water partition coefficient (Wildman–Crippen LogP) is 11.9. The van der Waals surface area contributed by atoms with Crippen molar-refractivity contribution in [3.05, 3.63) is 197 Å². The first-order valence-electron chi connectivity index (χ1n) is 17.7. The largest absolute Gasteiger partial charge is 0.328 e. The molecule has 0 amide bonds. The zero-order valence-corrected chi connectivity index (χ0v) is 29.4. The number of nitrogens with zero attached hydrogens (tertiary/aromatic N) is 3. The summed E-state index contributed by atoms with van der Waals surface area (Å²) in [5.74, 6) is 0.966. The molecule has 1 aromatic heterocycles. The van der Waals surface area contributed by atoms with E-state index in [1.165, 1.54) is 60.9 Å². The lowest BCUT2D eigenvalue weighted by Gasteiger charge is -2.31. The minimum Gasteiger partial charge on any atom is -0.328 e. The Bertz CT molecular complexity index is 2610. The molecule has 2 aliphatic rings. The van der Waals surface area contributed by atoms with Crippen LogP contribution in [0.2, 0.25) is 0 Å². The van der Waals surface area contributed by atoms with Crippen molar-refractivity contribution in [1.29, 1.82) is 0 Å². The molecule has 9 rings (SSSR count). The van der Waals surface area contributed by atoms with Gasteiger partial charge in [0.1, 0.15) is 5.82 Å². The first-order chi connectivity index (χ1) is 25.0. The molecule has 3 nitrogen and oxygen atoms in total. The van der Waals surface area contributed by atoms with Crippen molar-refractivity contribution in [3.63, 3.8) is 0 Å². The van der Waals surface area contributed by atoms with Crippen molar-refractivity contribution >= 4 is 38.8 Å². The zero-order chi connectivity index (χ0) is 34.7. The summed E-state index contributed by atoms with van der Waals surface area (Å²) < 4.78 is 2.37. The summed E-state index contributed by atoms with van der Waals surface area (Å²) in [5, 5.41) is 2.51. The molecule has 0 radical (unpaired) electrons. The Balaban J connectivity index is 1.28. The second kappa shape index (κ2) is 12.0. The Hall–Kier alpha value is -6.19. The number of aliphatic imine (C=N–C) groups is 1. The Morgan fingerprint density at radius 3 is 2.08 bits per heavy atom. The molecule has 0 spiro atoms. The summed E-state index contributed by atoms with van der Waals surface area (Å²) in [6, 6.07) is 52.6. The van der Waals surface area contributed by atoms with Crippen LogP contribution >= 0.6 is 0 Å². The van der Waals surface area contributed by atoms with Crippen molar-refractivity contribution in [2.45, 2.75) is 26.2 Å². The molecule has 0 atom stereocenters. The first-order valence-corrected chi connectivity index (χ1v) is 17.7. The summed E-state index contributed by atoms with van der Waals surface area (Å²) in [4.78, 5) is 7.82. The van der Waals surface area contributed by atoms with E-state index in [9.17, 15) is 0 Å². The molecule has 0 bridgehead atoms. The number of hydrogen-bond donors (Lipinski definition) is 0. The number of benzene rings is 6. The third-order valence-corrected chi connectivity index (χ3v) is 10.7. The van der Waals surface area contributed by atoms with Crippen LogP contribution in [0.4, 0.5) is 5.69 Å². The molecule has 7 aromatic rings. The maximum Gasteiger partial charge on any atom is 0.141 e. The summed E-state index contributed by atoms with van der Waals surface area (Å²) in [5.41, 5.74) is 15.2. The van der Waals surface area contributed by atoms with E-state index in [2.05, 4.69) is 201 Å². The predicted molar refractivity (Wildman–Crippen MR) is 216 cm³/mol. The Morgan fingerprint density at radius 2 is 1.27 bits per heavy atom. The van der Waals surface area contributed by atoms with Gasteiger partial charge < -0.3 is 9.47 Å². The van der Waals surface area contributed by atoms with Crippen LogP contribution in [0.25, 0.3) is 44.2 Å². The van der Waals surface area contributed by atoms with E-state index in [1.807, 2.05) is 0 Å². The molecule has 1 aliphatic carbocycles. The van der Waals surface area contributed by atoms with E-state index < -0.39 is 0 Å². The van der Waals surface area contributed by atoms with Crippen LogP contribution < -0.4 is 4.90 Å². The van der Waals surface area contributed by atoms with Gasteiger partial charge in [-0.05, 0) is 77.2 Å². The van der Waals surface area contributed by atoms with Gasteiger partial charge in [0.05, 0.1) is 22.4 Å². The van der Waals surface area contributed by atoms with Gasteiger partial charge in [-0.1, -0.05) is 135 Å². The number of hydrogen-bond acceptors (Lipinski definition) is 2. The molecule has 6 aromatic carbocycles. The van der Waals surface area contributed by atoms with Crippen molar-refractivity contribution in [2.24, 2.45) is 4.99 Å². The number of rotatable bonds is 4. The highest BCUT2D eigenvalue weighted by molar-refractivity contribution is 6.18. The molecule has 1 aliphatic heterocycles. The lowest BCUT2D eigenvalue weighted by molar-refractivity contribution is 0.660. The third kappa shape index (κ3) is 4.84. The standard InChI is InChI=1S/C48H39N3/c1-5-6-23-41-45(47-49-46(32-17-9-7-10-18-32)37-22-14-15-24-42(37)50(47)4)39-31-33(26-28-40(39)48(41,2)3)34-27-29-44-38(30-34)36-21-13-16-25-43(36)51(44)35-19-11-8-12-20-35/h5-31H,1-4H3/b6-5-,41-23+,47-45-.